The number of ether oxygens (including phenoxy) is 2. The van der Waals surface area contributed by atoms with E-state index in [2.05, 4.69) is 0 Å². The van der Waals surface area contributed by atoms with Crippen molar-refractivity contribution in [2.24, 2.45) is 0 Å². The van der Waals surface area contributed by atoms with Gasteiger partial charge in [-0.2, -0.15) is 0 Å². The maximum absolute atomic E-state index is 13.3. The van der Waals surface area contributed by atoms with Crippen LogP contribution < -0.4 is 14.4 Å². The summed E-state index contributed by atoms with van der Waals surface area (Å²) in [6.07, 6.45) is 2.09. The highest BCUT2D eigenvalue weighted by Gasteiger charge is 2.41. The van der Waals surface area contributed by atoms with Gasteiger partial charge in [0.25, 0.3) is 0 Å². The first-order valence-corrected chi connectivity index (χ1v) is 9.98. The molecule has 4 rings (SSSR count). The Bertz CT molecular complexity index is 996. The molecule has 1 amide bonds. The summed E-state index contributed by atoms with van der Waals surface area (Å²) in [5, 5.41) is 0.603. The topological polar surface area (TPSA) is 55.8 Å². The molecule has 29 heavy (non-hydrogen) atoms. The number of nitrogens with zero attached hydrogens (tertiary/aromatic N) is 1. The van der Waals surface area contributed by atoms with Gasteiger partial charge in [-0.15, -0.1) is 0 Å². The third kappa shape index (κ3) is 3.40. The maximum Gasteiger partial charge on any atom is 0.232 e. The van der Waals surface area contributed by atoms with Crippen molar-refractivity contribution in [3.8, 4) is 11.5 Å². The first-order valence-electron chi connectivity index (χ1n) is 9.60. The predicted molar refractivity (Wildman–Crippen MR) is 112 cm³/mol. The molecule has 0 N–H and O–H groups in total. The van der Waals surface area contributed by atoms with Gasteiger partial charge in [0.05, 0.1) is 14.2 Å². The van der Waals surface area contributed by atoms with Crippen molar-refractivity contribution >= 4 is 29.0 Å². The van der Waals surface area contributed by atoms with Crippen LogP contribution in [0.1, 0.15) is 37.2 Å². The Hall–Kier alpha value is -2.79. The van der Waals surface area contributed by atoms with E-state index in [4.69, 9.17) is 21.1 Å². The summed E-state index contributed by atoms with van der Waals surface area (Å²) in [7, 11) is 3.15. The first-order chi connectivity index (χ1) is 14.0. The summed E-state index contributed by atoms with van der Waals surface area (Å²) < 4.78 is 11.0. The Kier molecular flexibility index (Phi) is 5.33. The number of methoxy groups -OCH3 is 2. The fraction of sp³-hybridized carbons (Fsp3) is 0.304. The number of hydrogen-bond acceptors (Lipinski definition) is 4. The lowest BCUT2D eigenvalue weighted by molar-refractivity contribution is -0.119. The van der Waals surface area contributed by atoms with E-state index in [9.17, 15) is 9.59 Å². The normalized spacial score (nSPS) is 19.3. The molecule has 1 aliphatic heterocycles. The first kappa shape index (κ1) is 19.5. The molecule has 0 saturated heterocycles. The summed E-state index contributed by atoms with van der Waals surface area (Å²) in [6.45, 7) is 0. The summed E-state index contributed by atoms with van der Waals surface area (Å²) >= 11 is 6.02. The minimum absolute atomic E-state index is 0.0457. The van der Waals surface area contributed by atoms with Crippen LogP contribution in [0.2, 0.25) is 5.02 Å². The average Bonchev–Trinajstić information content (AvgIpc) is 2.73. The molecule has 1 aliphatic carbocycles. The Morgan fingerprint density at radius 2 is 1.76 bits per heavy atom. The molecule has 1 unspecified atom stereocenters. The van der Waals surface area contributed by atoms with Crippen molar-refractivity contribution in [2.45, 2.75) is 31.6 Å². The molecule has 0 saturated carbocycles. The van der Waals surface area contributed by atoms with Crippen LogP contribution >= 0.6 is 11.6 Å². The standard InChI is InChI=1S/C23H22ClNO4/c1-28-20-8-3-5-16(23(20)29-2)17-13-21(27)25(15-11-9-14(24)10-12-15)18-6-4-7-19(26)22(17)18/h3,5,8-12,17H,4,6-7,13H2,1-2H3. The zero-order chi connectivity index (χ0) is 20.5. The van der Waals surface area contributed by atoms with Crippen molar-refractivity contribution in [3.63, 3.8) is 0 Å². The molecule has 6 heteroatoms. The van der Waals surface area contributed by atoms with Crippen LogP contribution in [0, 0.1) is 0 Å². The highest BCUT2D eigenvalue weighted by molar-refractivity contribution is 6.30. The number of amides is 1. The van der Waals surface area contributed by atoms with Gasteiger partial charge >= 0.3 is 0 Å². The van der Waals surface area contributed by atoms with Crippen molar-refractivity contribution in [1.82, 2.24) is 0 Å². The smallest absolute Gasteiger partial charge is 0.232 e. The van der Waals surface area contributed by atoms with Crippen LogP contribution in [-0.2, 0) is 9.59 Å². The van der Waals surface area contributed by atoms with Crippen LogP contribution in [0.25, 0.3) is 0 Å². The number of carbonyl (C=O) groups excluding carboxylic acids is 2. The van der Waals surface area contributed by atoms with Gasteiger partial charge in [0.1, 0.15) is 0 Å². The molecule has 2 aliphatic rings. The number of hydrogen-bond donors (Lipinski definition) is 0. The van der Waals surface area contributed by atoms with Crippen molar-refractivity contribution in [3.05, 3.63) is 64.3 Å². The highest BCUT2D eigenvalue weighted by Crippen LogP contribution is 2.47. The molecule has 0 fully saturated rings. The molecular weight excluding hydrogens is 390 g/mol. The Labute approximate surface area is 174 Å². The number of rotatable bonds is 4. The zero-order valence-electron chi connectivity index (χ0n) is 16.4. The minimum Gasteiger partial charge on any atom is -0.493 e. The third-order valence-corrected chi connectivity index (χ3v) is 5.82. The molecule has 1 heterocycles. The van der Waals surface area contributed by atoms with E-state index < -0.39 is 0 Å². The predicted octanol–water partition coefficient (Wildman–Crippen LogP) is 4.88. The van der Waals surface area contributed by atoms with E-state index in [1.807, 2.05) is 30.3 Å². The molecular formula is C23H22ClNO4. The van der Waals surface area contributed by atoms with Crippen LogP contribution in [0.3, 0.4) is 0 Å². The number of allylic oxidation sites excluding steroid dienone is 2. The van der Waals surface area contributed by atoms with Gasteiger partial charge in [-0.05, 0) is 43.2 Å². The summed E-state index contributed by atoms with van der Waals surface area (Å²) in [5.41, 5.74) is 3.03. The van der Waals surface area contributed by atoms with E-state index >= 15 is 0 Å². The van der Waals surface area contributed by atoms with Gasteiger partial charge in [0, 0.05) is 46.3 Å². The van der Waals surface area contributed by atoms with Crippen LogP contribution in [0.15, 0.2) is 53.7 Å². The number of anilines is 1. The van der Waals surface area contributed by atoms with Gasteiger partial charge in [-0.25, -0.2) is 0 Å². The molecule has 0 aromatic heterocycles. The Morgan fingerprint density at radius 1 is 1.00 bits per heavy atom. The van der Waals surface area contributed by atoms with Gasteiger partial charge < -0.3 is 9.47 Å². The summed E-state index contributed by atoms with van der Waals surface area (Å²) in [4.78, 5) is 28.0. The molecule has 0 spiro atoms. The minimum atomic E-state index is -0.348. The highest BCUT2D eigenvalue weighted by atomic mass is 35.5. The molecule has 0 radical (unpaired) electrons. The number of halogens is 1. The number of Topliss-reactive ketones (excluding diaryl/α,β-unsaturated/α-hetero) is 1. The SMILES string of the molecule is COc1cccc(C2CC(=O)N(c3ccc(Cl)cc3)C3=C2C(=O)CCC3)c1OC. The lowest BCUT2D eigenvalue weighted by Crippen LogP contribution is -2.40. The summed E-state index contributed by atoms with van der Waals surface area (Å²) in [5.74, 6) is 0.850. The van der Waals surface area contributed by atoms with E-state index in [-0.39, 0.29) is 24.0 Å². The van der Waals surface area contributed by atoms with Crippen molar-refractivity contribution < 1.29 is 19.1 Å². The van der Waals surface area contributed by atoms with Gasteiger partial charge in [0.2, 0.25) is 5.91 Å². The maximum atomic E-state index is 13.3. The van der Waals surface area contributed by atoms with E-state index in [0.717, 1.165) is 23.4 Å². The van der Waals surface area contributed by atoms with Crippen LogP contribution in [-0.4, -0.2) is 25.9 Å². The fourth-order valence-electron chi connectivity index (χ4n) is 4.33. The number of para-hydroxylation sites is 1. The second-order valence-electron chi connectivity index (χ2n) is 7.18. The Balaban J connectivity index is 1.88. The molecule has 0 bridgehead atoms. The number of carbonyl (C=O) groups is 2. The van der Waals surface area contributed by atoms with Crippen molar-refractivity contribution in [2.75, 3.05) is 19.1 Å². The largest absolute Gasteiger partial charge is 0.493 e. The molecule has 5 nitrogen and oxygen atoms in total. The van der Waals surface area contributed by atoms with Gasteiger partial charge in [-0.1, -0.05) is 23.7 Å². The van der Waals surface area contributed by atoms with Crippen molar-refractivity contribution in [1.29, 1.82) is 0 Å². The molecule has 150 valence electrons. The van der Waals surface area contributed by atoms with Gasteiger partial charge in [-0.3, -0.25) is 14.5 Å². The second-order valence-corrected chi connectivity index (χ2v) is 7.62. The Morgan fingerprint density at radius 3 is 2.45 bits per heavy atom. The van der Waals surface area contributed by atoms with E-state index in [0.29, 0.717) is 34.9 Å². The van der Waals surface area contributed by atoms with E-state index in [1.165, 1.54) is 0 Å². The van der Waals surface area contributed by atoms with Crippen LogP contribution in [0.4, 0.5) is 5.69 Å². The summed E-state index contributed by atoms with van der Waals surface area (Å²) in [6, 6.07) is 12.7. The van der Waals surface area contributed by atoms with Crippen LogP contribution in [0.5, 0.6) is 11.5 Å². The monoisotopic (exact) mass is 411 g/mol. The zero-order valence-corrected chi connectivity index (χ0v) is 17.2. The second kappa shape index (κ2) is 7.91. The lowest BCUT2D eigenvalue weighted by atomic mass is 9.76. The number of benzene rings is 2. The third-order valence-electron chi connectivity index (χ3n) is 5.57. The molecule has 2 aromatic rings. The average molecular weight is 412 g/mol. The quantitative estimate of drug-likeness (QED) is 0.719. The number of ketones is 1. The van der Waals surface area contributed by atoms with E-state index in [1.54, 1.807) is 31.3 Å². The molecule has 1 atom stereocenters. The fourth-order valence-corrected chi connectivity index (χ4v) is 4.46. The lowest BCUT2D eigenvalue weighted by Gasteiger charge is -2.38. The van der Waals surface area contributed by atoms with Gasteiger partial charge in [0.15, 0.2) is 17.3 Å². The molecule has 2 aromatic carbocycles.